The highest BCUT2D eigenvalue weighted by Crippen LogP contribution is 2.29. The lowest BCUT2D eigenvalue weighted by Crippen LogP contribution is -2.48. The summed E-state index contributed by atoms with van der Waals surface area (Å²) < 4.78 is 25.4. The number of oxazole rings is 1. The third kappa shape index (κ3) is 31.8. The van der Waals surface area contributed by atoms with Crippen molar-refractivity contribution in [3.05, 3.63) is 123 Å². The van der Waals surface area contributed by atoms with Crippen LogP contribution in [0.25, 0.3) is 21.8 Å². The Morgan fingerprint density at radius 3 is 1.40 bits per heavy atom. The molecule has 6 fully saturated rings. The van der Waals surface area contributed by atoms with Crippen molar-refractivity contribution in [1.29, 1.82) is 0 Å². The predicted octanol–water partition coefficient (Wildman–Crippen LogP) is 8.19. The number of aromatic carboxylic acids is 1. The summed E-state index contributed by atoms with van der Waals surface area (Å²) in [6.07, 6.45) is 20.3. The third-order valence-electron chi connectivity index (χ3n) is 20.9. The molecule has 3 atom stereocenters. The number of carboxylic acids is 1. The first kappa shape index (κ1) is 97.2. The Balaban J connectivity index is 0.000000189. The first-order valence-electron chi connectivity index (χ1n) is 41.2. The molecule has 0 radical (unpaired) electrons. The molecule has 6 saturated heterocycles. The van der Waals surface area contributed by atoms with E-state index in [1.165, 1.54) is 93.0 Å². The Morgan fingerprint density at radius 2 is 0.992 bits per heavy atom. The Bertz CT molecular complexity index is 4490. The van der Waals surface area contributed by atoms with Gasteiger partial charge in [0.25, 0.3) is 11.8 Å². The Hall–Kier alpha value is -9.28. The Labute approximate surface area is 730 Å². The lowest BCUT2D eigenvalue weighted by molar-refractivity contribution is -0.146. The SMILES string of the molecule is CCCCOC(=O)C(Cc1c[nH]c2ccccc12)NC(=O)c1cnc(C2CCNCC2)o1.CCCCOC(=O)C(Cc1c[nH]c2ccccc12)NC(=O)c1cnc(N2CCN(C)CC2)s1.CN1CCCCC1.CN1CCN(C(N)=S)CC1.CN1CCN(c2ncc(C(=O)O)s2)CC1.COC(=O)C(Cl)C=O.COC(=O)c1cnc(N2CCN(C)CC2)s1. The van der Waals surface area contributed by atoms with Crippen LogP contribution in [0, 0.1) is 0 Å². The van der Waals surface area contributed by atoms with Crippen LogP contribution < -0.4 is 36.4 Å². The minimum absolute atomic E-state index is 0.115. The average Bonchev–Trinajstić information content (AvgIpc) is 1.69. The largest absolute Gasteiger partial charge is 0.477 e. The van der Waals surface area contributed by atoms with Crippen molar-refractivity contribution in [3.8, 4) is 0 Å². The molecule has 8 N–H and O–H groups in total. The fourth-order valence-electron chi connectivity index (χ4n) is 13.2. The number of ether oxygens (including phenoxy) is 4. The van der Waals surface area contributed by atoms with Crippen molar-refractivity contribution in [1.82, 2.24) is 75.3 Å². The van der Waals surface area contributed by atoms with E-state index < -0.39 is 47.2 Å². The number of rotatable bonds is 24. The van der Waals surface area contributed by atoms with Crippen LogP contribution in [0.5, 0.6) is 0 Å². The number of amides is 2. The normalized spacial score (nSPS) is 16.9. The number of carbonyl (C=O) groups excluding carboxylic acids is 7. The molecule has 0 aliphatic carbocycles. The molecular weight excluding hydrogens is 1650 g/mol. The molecule has 121 heavy (non-hydrogen) atoms. The number of likely N-dealkylation sites (tertiary alicyclic amines) is 1. The van der Waals surface area contributed by atoms with E-state index in [0.717, 1.165) is 205 Å². The molecule has 8 aromatic rings. The van der Waals surface area contributed by atoms with Gasteiger partial charge in [0.1, 0.15) is 33.0 Å². The number of unbranched alkanes of at least 4 members (excludes halogenated alkanes) is 2. The number of alkyl halides is 1. The standard InChI is InChI=1S/C24H31N5O3S.C24H30N4O4.C10H15N3O2S.C9H13N3O2S.C6H13N3S.C6H13N.C4H5ClO3/c1-3-4-13-32-23(31)20(14-17-15-25-19-8-6-5-7-18(17)19)27-22(30)21-16-26-24(33-21)29-11-9-28(2)10-12-29;1-2-3-12-31-24(30)20(13-17-14-26-19-7-5-4-6-18(17)19)28-22(29)21-15-27-23(32-21)16-8-10-25-11-9-16;1-12-3-5-13(6-4-12)10-11-7-8(16-10)9(14)15-2;1-11-2-4-12(5-3-11)9-10-6-7(15-9)8(13)14;1-8-2-4-9(5-3-8)6(7)10;1-7-5-3-2-4-6-7;1-8-4(7)3(5)2-6/h5-8,15-16,20,25H,3-4,9-14H2,1-2H3,(H,27,30);4-7,14-16,20,25-26H,2-3,8-13H2,1H3,(H,28,29);7H,3-6H2,1-2H3;6H,2-5H2,1H3,(H,13,14);2-5H2,1H3,(H2,7,10);2-6H2,1H3;2-3H,1H3. The number of thiocarbonyl (C=S) groups is 1. The van der Waals surface area contributed by atoms with E-state index in [1.807, 2.05) is 79.7 Å². The van der Waals surface area contributed by atoms with Crippen LogP contribution in [0.3, 0.4) is 0 Å². The number of aldehydes is 1. The maximum atomic E-state index is 13.0. The first-order valence-corrected chi connectivity index (χ1v) is 44.5. The number of methoxy groups -OCH3 is 2. The maximum Gasteiger partial charge on any atom is 0.349 e. The molecular formula is C83H120ClN19O14S4. The number of nitrogens with two attached hydrogens (primary N) is 1. The lowest BCUT2D eigenvalue weighted by Gasteiger charge is -2.32. The summed E-state index contributed by atoms with van der Waals surface area (Å²) in [7, 11) is 13.2. The quantitative estimate of drug-likeness (QED) is 0.00570. The number of thiazole rings is 3. The second-order valence-corrected chi connectivity index (χ2v) is 34.0. The van der Waals surface area contributed by atoms with Gasteiger partial charge in [-0.1, -0.05) is 104 Å². The second kappa shape index (κ2) is 51.6. The zero-order valence-electron chi connectivity index (χ0n) is 71.0. The van der Waals surface area contributed by atoms with Gasteiger partial charge in [0.05, 0.1) is 52.2 Å². The van der Waals surface area contributed by atoms with Gasteiger partial charge in [0.15, 0.2) is 31.8 Å². The van der Waals surface area contributed by atoms with Gasteiger partial charge in [-0.05, 0) is 135 Å². The van der Waals surface area contributed by atoms with E-state index in [2.05, 4.69) is 130 Å². The number of halogens is 1. The Morgan fingerprint density at radius 1 is 0.570 bits per heavy atom. The maximum absolute atomic E-state index is 13.0. The second-order valence-electron chi connectivity index (χ2n) is 30.1. The van der Waals surface area contributed by atoms with E-state index in [-0.39, 0.29) is 23.6 Å². The molecule has 0 spiro atoms. The van der Waals surface area contributed by atoms with Gasteiger partial charge < -0.3 is 109 Å². The molecule has 3 unspecified atom stereocenters. The number of hydrogen-bond donors (Lipinski definition) is 7. The smallest absolute Gasteiger partial charge is 0.349 e. The van der Waals surface area contributed by atoms with E-state index in [0.29, 0.717) is 58.0 Å². The van der Waals surface area contributed by atoms with Gasteiger partial charge >= 0.3 is 29.8 Å². The minimum Gasteiger partial charge on any atom is -0.477 e. The molecule has 33 nitrogen and oxygen atoms in total. The molecule has 38 heteroatoms. The van der Waals surface area contributed by atoms with Gasteiger partial charge in [-0.2, -0.15) is 0 Å². The van der Waals surface area contributed by atoms with E-state index in [4.69, 9.17) is 48.5 Å². The fourth-order valence-corrected chi connectivity index (χ4v) is 16.1. The highest BCUT2D eigenvalue weighted by atomic mass is 35.5. The van der Waals surface area contributed by atoms with Crippen LogP contribution >= 0.6 is 57.8 Å². The van der Waals surface area contributed by atoms with E-state index in [1.54, 1.807) is 12.4 Å². The van der Waals surface area contributed by atoms with Crippen LogP contribution in [0.15, 0.2) is 90.1 Å². The highest BCUT2D eigenvalue weighted by molar-refractivity contribution is 7.80. The summed E-state index contributed by atoms with van der Waals surface area (Å²) in [6, 6.07) is 14.2. The summed E-state index contributed by atoms with van der Waals surface area (Å²) >= 11 is 13.9. The number of likely N-dealkylation sites (N-methyl/N-ethyl adjacent to an activating group) is 4. The van der Waals surface area contributed by atoms with Crippen molar-refractivity contribution >= 4 is 148 Å². The average molecular weight is 1770 g/mol. The molecule has 662 valence electrons. The van der Waals surface area contributed by atoms with Crippen LogP contribution in [0.2, 0.25) is 0 Å². The molecule has 2 aromatic carbocycles. The predicted molar refractivity (Wildman–Crippen MR) is 478 cm³/mol. The fraction of sp³-hybridized carbons (Fsp3) is 0.554. The van der Waals surface area contributed by atoms with Crippen LogP contribution in [0.1, 0.15) is 134 Å². The number of H-pyrrole nitrogens is 2. The third-order valence-corrected chi connectivity index (χ3v) is 24.5. The molecule has 12 heterocycles. The lowest BCUT2D eigenvalue weighted by atomic mass is 9.98. The highest BCUT2D eigenvalue weighted by Gasteiger charge is 2.31. The number of fused-ring (bicyclic) bond motifs is 2. The van der Waals surface area contributed by atoms with Crippen molar-refractivity contribution in [3.63, 3.8) is 0 Å². The summed E-state index contributed by atoms with van der Waals surface area (Å²) in [6.45, 7) is 24.9. The minimum atomic E-state index is -1.15. The molecule has 0 saturated carbocycles. The summed E-state index contributed by atoms with van der Waals surface area (Å²) in [5.74, 6) is -2.65. The van der Waals surface area contributed by atoms with Gasteiger partial charge in [-0.25, -0.2) is 43.9 Å². The summed E-state index contributed by atoms with van der Waals surface area (Å²) in [4.78, 5) is 138. The summed E-state index contributed by atoms with van der Waals surface area (Å²) in [5.41, 5.74) is 9.33. The van der Waals surface area contributed by atoms with Crippen LogP contribution in [0.4, 0.5) is 15.4 Å². The zero-order valence-corrected chi connectivity index (χ0v) is 75.0. The number of nitrogens with zero attached hydrogens (tertiary/aromatic N) is 13. The number of carbonyl (C=O) groups is 8. The van der Waals surface area contributed by atoms with Crippen molar-refractivity contribution in [2.45, 2.75) is 108 Å². The Kier molecular flexibility index (Phi) is 41.4. The number of nitrogens with one attached hydrogen (secondary N) is 5. The number of piperidine rings is 2. The molecule has 6 aromatic heterocycles. The number of aromatic nitrogens is 6. The van der Waals surface area contributed by atoms with Crippen LogP contribution in [-0.4, -0.2) is 328 Å². The van der Waals surface area contributed by atoms with Crippen molar-refractivity contribution in [2.75, 3.05) is 208 Å². The topological polar surface area (TPSA) is 381 Å². The van der Waals surface area contributed by atoms with Gasteiger partial charge in [-0.3, -0.25) is 9.59 Å². The number of piperazine rings is 4. The zero-order chi connectivity index (χ0) is 87.2. The molecule has 0 bridgehead atoms. The number of aromatic amines is 2. The van der Waals surface area contributed by atoms with Crippen molar-refractivity contribution in [2.24, 2.45) is 5.73 Å². The number of esters is 4. The first-order chi connectivity index (χ1) is 58.4. The van der Waals surface area contributed by atoms with Crippen molar-refractivity contribution < 1.29 is 66.8 Å². The van der Waals surface area contributed by atoms with Gasteiger partial charge in [0.2, 0.25) is 5.76 Å². The number of hydrogen-bond acceptors (Lipinski definition) is 30. The van der Waals surface area contributed by atoms with Gasteiger partial charge in [-0.15, -0.1) is 11.6 Å². The number of anilines is 3. The van der Waals surface area contributed by atoms with E-state index in [9.17, 15) is 38.4 Å². The number of benzene rings is 2. The van der Waals surface area contributed by atoms with Gasteiger partial charge in [0, 0.05) is 158 Å². The molecule has 6 aliphatic heterocycles. The molecule has 2 amide bonds. The number of para-hydroxylation sites is 2. The monoisotopic (exact) mass is 1770 g/mol. The van der Waals surface area contributed by atoms with E-state index >= 15 is 0 Å². The number of carboxylic acid groups (broad SMARTS) is 1. The summed E-state index contributed by atoms with van der Waals surface area (Å²) in [5, 5.41) is 21.8. The molecule has 14 rings (SSSR count). The van der Waals surface area contributed by atoms with Crippen LogP contribution in [-0.2, 0) is 51.0 Å². The molecule has 6 aliphatic rings.